The zero-order valence-corrected chi connectivity index (χ0v) is 26.9. The Morgan fingerprint density at radius 2 is 1.02 bits per heavy atom. The van der Waals surface area contributed by atoms with Crippen LogP contribution >= 0.6 is 0 Å². The minimum Gasteiger partial charge on any atom is -0.307 e. The quantitative estimate of drug-likeness (QED) is 0.191. The SMILES string of the molecule is Cc1c(N(c2ccccc2)c2cc(-c3ccccc3)nc(-c3ccccc3)n2)ccc2c1ccc1c3cccc4c5ccccc5n(c21)c43. The summed E-state index contributed by atoms with van der Waals surface area (Å²) in [6.45, 7) is 2.24. The van der Waals surface area contributed by atoms with Crippen molar-refractivity contribution < 1.29 is 0 Å². The Hall–Kier alpha value is -6.52. The van der Waals surface area contributed by atoms with Crippen LogP contribution in [0, 0.1) is 6.92 Å². The highest BCUT2D eigenvalue weighted by Crippen LogP contribution is 2.45. The van der Waals surface area contributed by atoms with Gasteiger partial charge in [0.15, 0.2) is 5.82 Å². The van der Waals surface area contributed by atoms with Crippen molar-refractivity contribution in [1.29, 1.82) is 0 Å². The highest BCUT2D eigenvalue weighted by atomic mass is 15.2. The van der Waals surface area contributed by atoms with Crippen molar-refractivity contribution in [2.24, 2.45) is 0 Å². The van der Waals surface area contributed by atoms with Gasteiger partial charge < -0.3 is 4.40 Å². The second-order valence-electron chi connectivity index (χ2n) is 12.7. The second kappa shape index (κ2) is 10.8. The summed E-state index contributed by atoms with van der Waals surface area (Å²) in [4.78, 5) is 12.6. The molecule has 4 heteroatoms. The molecule has 0 amide bonds. The molecule has 3 heterocycles. The second-order valence-corrected chi connectivity index (χ2v) is 12.7. The summed E-state index contributed by atoms with van der Waals surface area (Å²) in [6.07, 6.45) is 0. The first kappa shape index (κ1) is 27.6. The van der Waals surface area contributed by atoms with Gasteiger partial charge >= 0.3 is 0 Å². The lowest BCUT2D eigenvalue weighted by molar-refractivity contribution is 1.12. The van der Waals surface area contributed by atoms with E-state index in [1.807, 2.05) is 24.3 Å². The van der Waals surface area contributed by atoms with Gasteiger partial charge in [-0.1, -0.05) is 133 Å². The monoisotopic (exact) mass is 626 g/mol. The number of benzene rings is 7. The fourth-order valence-corrected chi connectivity index (χ4v) is 7.69. The first-order chi connectivity index (χ1) is 24.2. The number of aryl methyl sites for hydroxylation is 1. The molecule has 0 spiro atoms. The highest BCUT2D eigenvalue weighted by Gasteiger charge is 2.23. The molecule has 0 fully saturated rings. The number of aromatic nitrogens is 3. The molecule has 0 unspecified atom stereocenters. The zero-order chi connectivity index (χ0) is 32.5. The standard InChI is InChI=1S/C45H30N4/c1-29-33-24-25-38-36-22-13-21-35-34-20-11-12-23-41(34)49(43(35)36)44(38)37(33)26-27-40(29)48(32-18-9-4-10-19-32)42-28-39(30-14-5-2-6-15-30)46-45(47-42)31-16-7-3-8-17-31/h2-28H,1H3. The maximum Gasteiger partial charge on any atom is 0.162 e. The van der Waals surface area contributed by atoms with Crippen molar-refractivity contribution in [3.05, 3.63) is 169 Å². The van der Waals surface area contributed by atoms with Crippen LogP contribution in [0.4, 0.5) is 17.2 Å². The van der Waals surface area contributed by atoms with Crippen molar-refractivity contribution in [1.82, 2.24) is 14.4 Å². The van der Waals surface area contributed by atoms with Gasteiger partial charge in [0, 0.05) is 49.8 Å². The maximum absolute atomic E-state index is 5.25. The Balaban J connectivity index is 1.25. The molecule has 0 aliphatic rings. The minimum atomic E-state index is 0.690. The van der Waals surface area contributed by atoms with E-state index in [1.54, 1.807) is 0 Å². The largest absolute Gasteiger partial charge is 0.307 e. The number of fused-ring (bicyclic) bond motifs is 8. The summed E-state index contributed by atoms with van der Waals surface area (Å²) in [7, 11) is 0. The third kappa shape index (κ3) is 4.17. The van der Waals surface area contributed by atoms with Gasteiger partial charge in [0.1, 0.15) is 5.82 Å². The number of anilines is 3. The van der Waals surface area contributed by atoms with Gasteiger partial charge in [-0.05, 0) is 42.1 Å². The average molecular weight is 627 g/mol. The molecule has 0 aliphatic heterocycles. The van der Waals surface area contributed by atoms with Crippen LogP contribution in [0.25, 0.3) is 71.5 Å². The van der Waals surface area contributed by atoms with Crippen molar-refractivity contribution in [3.8, 4) is 22.6 Å². The minimum absolute atomic E-state index is 0.690. The lowest BCUT2D eigenvalue weighted by Crippen LogP contribution is -2.14. The van der Waals surface area contributed by atoms with Crippen molar-refractivity contribution >= 4 is 66.1 Å². The summed E-state index contributed by atoms with van der Waals surface area (Å²) in [5.41, 5.74) is 10.00. The molecular weight excluding hydrogens is 597 g/mol. The summed E-state index contributed by atoms with van der Waals surface area (Å²) in [5.74, 6) is 1.50. The smallest absolute Gasteiger partial charge is 0.162 e. The first-order valence-corrected chi connectivity index (χ1v) is 16.7. The zero-order valence-electron chi connectivity index (χ0n) is 26.9. The van der Waals surface area contributed by atoms with Gasteiger partial charge in [-0.2, -0.15) is 0 Å². The summed E-state index contributed by atoms with van der Waals surface area (Å²) in [5, 5.41) is 7.62. The molecule has 3 aromatic heterocycles. The molecule has 0 atom stereocenters. The van der Waals surface area contributed by atoms with Gasteiger partial charge in [-0.3, -0.25) is 4.90 Å². The molecule has 10 rings (SSSR count). The molecule has 7 aromatic carbocycles. The molecule has 0 N–H and O–H groups in total. The van der Waals surface area contributed by atoms with Crippen molar-refractivity contribution in [2.45, 2.75) is 6.92 Å². The van der Waals surface area contributed by atoms with Crippen LogP contribution < -0.4 is 4.90 Å². The van der Waals surface area contributed by atoms with E-state index in [2.05, 4.69) is 156 Å². The van der Waals surface area contributed by atoms with E-state index in [4.69, 9.17) is 9.97 Å². The average Bonchev–Trinajstić information content (AvgIpc) is 3.69. The Kier molecular flexibility index (Phi) is 6.06. The normalized spacial score (nSPS) is 11.8. The van der Waals surface area contributed by atoms with E-state index in [0.29, 0.717) is 5.82 Å². The van der Waals surface area contributed by atoms with Gasteiger partial charge in [0.05, 0.1) is 27.9 Å². The molecule has 0 saturated carbocycles. The molecule has 10 aromatic rings. The van der Waals surface area contributed by atoms with Gasteiger partial charge in [-0.15, -0.1) is 0 Å². The molecule has 0 radical (unpaired) electrons. The molecule has 0 saturated heterocycles. The first-order valence-electron chi connectivity index (χ1n) is 16.7. The van der Waals surface area contributed by atoms with E-state index in [9.17, 15) is 0 Å². The van der Waals surface area contributed by atoms with E-state index in [1.165, 1.54) is 54.4 Å². The van der Waals surface area contributed by atoms with Crippen LogP contribution in [0.2, 0.25) is 0 Å². The van der Waals surface area contributed by atoms with Crippen LogP contribution in [0.1, 0.15) is 5.56 Å². The van der Waals surface area contributed by atoms with Crippen LogP contribution in [0.5, 0.6) is 0 Å². The van der Waals surface area contributed by atoms with Crippen LogP contribution in [0.3, 0.4) is 0 Å². The number of hydrogen-bond donors (Lipinski definition) is 0. The number of rotatable bonds is 5. The van der Waals surface area contributed by atoms with E-state index in [-0.39, 0.29) is 0 Å². The fourth-order valence-electron chi connectivity index (χ4n) is 7.69. The summed E-state index contributed by atoms with van der Waals surface area (Å²) >= 11 is 0. The Labute approximate surface area is 283 Å². The molecule has 230 valence electrons. The third-order valence-electron chi connectivity index (χ3n) is 9.92. The van der Waals surface area contributed by atoms with Gasteiger partial charge in [0.2, 0.25) is 0 Å². The summed E-state index contributed by atoms with van der Waals surface area (Å²) < 4.78 is 2.48. The van der Waals surface area contributed by atoms with E-state index >= 15 is 0 Å². The predicted octanol–water partition coefficient (Wildman–Crippen LogP) is 11.9. The van der Waals surface area contributed by atoms with Crippen LogP contribution in [0.15, 0.2) is 164 Å². The maximum atomic E-state index is 5.25. The van der Waals surface area contributed by atoms with E-state index < -0.39 is 0 Å². The predicted molar refractivity (Wildman–Crippen MR) is 204 cm³/mol. The topological polar surface area (TPSA) is 33.4 Å². The number of nitrogens with zero attached hydrogens (tertiary/aromatic N) is 4. The molecule has 0 aliphatic carbocycles. The summed E-state index contributed by atoms with van der Waals surface area (Å²) in [6, 6.07) is 57.9. The Morgan fingerprint density at radius 1 is 0.469 bits per heavy atom. The fraction of sp³-hybridized carbons (Fsp3) is 0.0222. The van der Waals surface area contributed by atoms with Gasteiger partial charge in [-0.25, -0.2) is 9.97 Å². The molecule has 0 bridgehead atoms. The van der Waals surface area contributed by atoms with Crippen molar-refractivity contribution in [2.75, 3.05) is 4.90 Å². The lowest BCUT2D eigenvalue weighted by Gasteiger charge is -2.27. The number of hydrogen-bond acceptors (Lipinski definition) is 3. The Morgan fingerprint density at radius 3 is 1.78 bits per heavy atom. The van der Waals surface area contributed by atoms with Crippen molar-refractivity contribution in [3.63, 3.8) is 0 Å². The molecular formula is C45H30N4. The lowest BCUT2D eigenvalue weighted by atomic mass is 9.99. The molecule has 4 nitrogen and oxygen atoms in total. The third-order valence-corrected chi connectivity index (χ3v) is 9.92. The Bertz CT molecular complexity index is 2760. The van der Waals surface area contributed by atoms with Crippen LogP contribution in [-0.4, -0.2) is 14.4 Å². The van der Waals surface area contributed by atoms with Crippen LogP contribution in [-0.2, 0) is 0 Å². The molecule has 49 heavy (non-hydrogen) atoms. The van der Waals surface area contributed by atoms with E-state index in [0.717, 1.165) is 34.0 Å². The highest BCUT2D eigenvalue weighted by molar-refractivity contribution is 6.27. The number of para-hydroxylation sites is 3. The van der Waals surface area contributed by atoms with Gasteiger partial charge in [0.25, 0.3) is 0 Å².